The Balaban J connectivity index is 2.20. The highest BCUT2D eigenvalue weighted by atomic mass is 32.1. The van der Waals surface area contributed by atoms with Gasteiger partial charge in [-0.15, -0.1) is 0 Å². The zero-order chi connectivity index (χ0) is 14.7. The van der Waals surface area contributed by atoms with Gasteiger partial charge in [-0.2, -0.15) is 0 Å². The Kier molecular flexibility index (Phi) is 3.89. The number of carbonyl (C=O) groups excluding carboxylic acids is 1. The van der Waals surface area contributed by atoms with Crippen LogP contribution in [0.5, 0.6) is 0 Å². The molecule has 2 rings (SSSR count). The number of anilines is 2. The van der Waals surface area contributed by atoms with E-state index in [2.05, 4.69) is 15.5 Å². The van der Waals surface area contributed by atoms with Crippen molar-refractivity contribution in [3.8, 4) is 0 Å². The van der Waals surface area contributed by atoms with Crippen LogP contribution in [0.25, 0.3) is 0 Å². The van der Waals surface area contributed by atoms with Crippen molar-refractivity contribution in [2.24, 2.45) is 5.16 Å². The normalized spacial score (nSPS) is 11.4. The van der Waals surface area contributed by atoms with E-state index in [0.717, 1.165) is 23.5 Å². The van der Waals surface area contributed by atoms with Crippen LogP contribution in [0.3, 0.4) is 0 Å². The van der Waals surface area contributed by atoms with Gasteiger partial charge in [0.15, 0.2) is 22.5 Å². The van der Waals surface area contributed by atoms with E-state index in [4.69, 9.17) is 10.9 Å². The van der Waals surface area contributed by atoms with Crippen LogP contribution in [-0.2, 0) is 4.79 Å². The topological polar surface area (TPSA) is 101 Å². The minimum atomic E-state index is -1.10. The Morgan fingerprint density at radius 1 is 1.40 bits per heavy atom. The summed E-state index contributed by atoms with van der Waals surface area (Å²) in [6, 6.07) is 2.85. The second-order valence-corrected chi connectivity index (χ2v) is 4.66. The fourth-order valence-corrected chi connectivity index (χ4v) is 2.03. The third kappa shape index (κ3) is 2.88. The molecule has 104 valence electrons. The van der Waals surface area contributed by atoms with Crippen molar-refractivity contribution < 1.29 is 18.8 Å². The summed E-state index contributed by atoms with van der Waals surface area (Å²) in [7, 11) is 0. The first kappa shape index (κ1) is 13.9. The number of aromatic nitrogens is 1. The molecule has 0 atom stereocenters. The van der Waals surface area contributed by atoms with Gasteiger partial charge in [-0.05, 0) is 12.1 Å². The van der Waals surface area contributed by atoms with Crippen LogP contribution < -0.4 is 11.1 Å². The van der Waals surface area contributed by atoms with Gasteiger partial charge >= 0.3 is 0 Å². The molecule has 0 radical (unpaired) electrons. The van der Waals surface area contributed by atoms with E-state index < -0.39 is 17.5 Å². The standard InChI is InChI=1S/C11H8F2N4O2S/c12-6-2-1-5(3-7(6)13)16-10(18)9(17-19)8-4-15-11(14)20-8/h1-4,19H,(H2,14,15)(H,16,18). The van der Waals surface area contributed by atoms with Crippen LogP contribution in [-0.4, -0.2) is 21.8 Å². The van der Waals surface area contributed by atoms with Crippen molar-refractivity contribution in [2.45, 2.75) is 0 Å². The highest BCUT2D eigenvalue weighted by Crippen LogP contribution is 2.17. The molecule has 0 aliphatic carbocycles. The van der Waals surface area contributed by atoms with Gasteiger partial charge < -0.3 is 16.3 Å². The summed E-state index contributed by atoms with van der Waals surface area (Å²) in [6.45, 7) is 0. The summed E-state index contributed by atoms with van der Waals surface area (Å²) < 4.78 is 25.8. The van der Waals surface area contributed by atoms with Gasteiger partial charge in [-0.3, -0.25) is 4.79 Å². The number of amides is 1. The number of benzene rings is 1. The zero-order valence-electron chi connectivity index (χ0n) is 9.80. The summed E-state index contributed by atoms with van der Waals surface area (Å²) in [5, 5.41) is 14.2. The number of nitrogen functional groups attached to an aromatic ring is 1. The lowest BCUT2D eigenvalue weighted by atomic mass is 10.2. The molecule has 0 bridgehead atoms. The zero-order valence-corrected chi connectivity index (χ0v) is 10.6. The SMILES string of the molecule is Nc1ncc(C(=NO)C(=O)Nc2ccc(F)c(F)c2)s1. The van der Waals surface area contributed by atoms with Crippen molar-refractivity contribution in [3.63, 3.8) is 0 Å². The fraction of sp³-hybridized carbons (Fsp3) is 0. The number of halogens is 2. The van der Waals surface area contributed by atoms with E-state index in [0.29, 0.717) is 0 Å². The number of hydrogen-bond donors (Lipinski definition) is 3. The maximum absolute atomic E-state index is 13.0. The molecule has 1 aromatic heterocycles. The molecule has 0 aliphatic heterocycles. The summed E-state index contributed by atoms with van der Waals surface area (Å²) in [5.74, 6) is -2.94. The van der Waals surface area contributed by atoms with Crippen LogP contribution in [0.4, 0.5) is 19.6 Å². The number of rotatable bonds is 3. The van der Waals surface area contributed by atoms with Crippen LogP contribution in [0, 0.1) is 11.6 Å². The average molecular weight is 298 g/mol. The van der Waals surface area contributed by atoms with Crippen LogP contribution in [0.2, 0.25) is 0 Å². The van der Waals surface area contributed by atoms with Crippen molar-refractivity contribution in [1.82, 2.24) is 4.98 Å². The summed E-state index contributed by atoms with van der Waals surface area (Å²) in [6.07, 6.45) is 1.26. The molecule has 4 N–H and O–H groups in total. The molecule has 1 heterocycles. The van der Waals surface area contributed by atoms with E-state index in [1.54, 1.807) is 0 Å². The van der Waals surface area contributed by atoms with E-state index in [9.17, 15) is 13.6 Å². The fourth-order valence-electron chi connectivity index (χ4n) is 1.37. The first-order chi connectivity index (χ1) is 9.51. The van der Waals surface area contributed by atoms with Gasteiger partial charge in [0.05, 0.1) is 4.88 Å². The molecule has 1 aromatic carbocycles. The van der Waals surface area contributed by atoms with Gasteiger partial charge in [0.25, 0.3) is 5.91 Å². The Hall–Kier alpha value is -2.55. The Morgan fingerprint density at radius 3 is 2.70 bits per heavy atom. The molecule has 0 fully saturated rings. The Labute approximate surface area is 115 Å². The second kappa shape index (κ2) is 5.61. The highest BCUT2D eigenvalue weighted by Gasteiger charge is 2.18. The van der Waals surface area contributed by atoms with Crippen molar-refractivity contribution in [2.75, 3.05) is 11.1 Å². The molecule has 0 aliphatic rings. The van der Waals surface area contributed by atoms with Crippen molar-refractivity contribution in [3.05, 3.63) is 40.9 Å². The summed E-state index contributed by atoms with van der Waals surface area (Å²) in [4.78, 5) is 15.8. The molecule has 20 heavy (non-hydrogen) atoms. The van der Waals surface area contributed by atoms with E-state index >= 15 is 0 Å². The molecule has 1 amide bonds. The van der Waals surface area contributed by atoms with E-state index in [1.807, 2.05) is 0 Å². The number of oxime groups is 1. The number of hydrogen-bond acceptors (Lipinski definition) is 6. The molecule has 2 aromatic rings. The number of nitrogens with two attached hydrogens (primary N) is 1. The third-order valence-electron chi connectivity index (χ3n) is 2.25. The largest absolute Gasteiger partial charge is 0.410 e. The Bertz CT molecular complexity index is 687. The van der Waals surface area contributed by atoms with Gasteiger partial charge in [-0.25, -0.2) is 13.8 Å². The van der Waals surface area contributed by atoms with Gasteiger partial charge in [0.2, 0.25) is 0 Å². The molecule has 0 saturated carbocycles. The van der Waals surface area contributed by atoms with Crippen molar-refractivity contribution in [1.29, 1.82) is 0 Å². The van der Waals surface area contributed by atoms with Crippen LogP contribution >= 0.6 is 11.3 Å². The molecule has 0 saturated heterocycles. The lowest BCUT2D eigenvalue weighted by Crippen LogP contribution is -2.23. The van der Waals surface area contributed by atoms with Crippen LogP contribution in [0.15, 0.2) is 29.6 Å². The first-order valence-electron chi connectivity index (χ1n) is 5.21. The minimum Gasteiger partial charge on any atom is -0.410 e. The molecule has 0 spiro atoms. The second-order valence-electron chi connectivity index (χ2n) is 3.59. The van der Waals surface area contributed by atoms with E-state index in [-0.39, 0.29) is 21.4 Å². The minimum absolute atomic E-state index is 0.0209. The molecular weight excluding hydrogens is 290 g/mol. The molecular formula is C11H8F2N4O2S. The first-order valence-corrected chi connectivity index (χ1v) is 6.03. The van der Waals surface area contributed by atoms with Gasteiger partial charge in [0.1, 0.15) is 0 Å². The maximum atomic E-state index is 13.0. The van der Waals surface area contributed by atoms with Crippen LogP contribution in [0.1, 0.15) is 4.88 Å². The summed E-state index contributed by atoms with van der Waals surface area (Å²) >= 11 is 0.946. The maximum Gasteiger partial charge on any atom is 0.279 e. The average Bonchev–Trinajstić information content (AvgIpc) is 2.81. The van der Waals surface area contributed by atoms with Gasteiger partial charge in [0, 0.05) is 18.0 Å². The summed E-state index contributed by atoms with van der Waals surface area (Å²) in [5.41, 5.74) is 5.10. The monoisotopic (exact) mass is 298 g/mol. The third-order valence-corrected chi connectivity index (χ3v) is 3.08. The van der Waals surface area contributed by atoms with Crippen molar-refractivity contribution >= 4 is 33.8 Å². The smallest absolute Gasteiger partial charge is 0.279 e. The molecule has 0 unspecified atom stereocenters. The number of nitrogens with zero attached hydrogens (tertiary/aromatic N) is 2. The molecule has 6 nitrogen and oxygen atoms in total. The van der Waals surface area contributed by atoms with E-state index in [1.165, 1.54) is 12.3 Å². The van der Waals surface area contributed by atoms with Gasteiger partial charge in [-0.1, -0.05) is 16.5 Å². The Morgan fingerprint density at radius 2 is 2.15 bits per heavy atom. The lowest BCUT2D eigenvalue weighted by Gasteiger charge is -2.05. The number of thiazole rings is 1. The predicted octanol–water partition coefficient (Wildman–Crippen LogP) is 1.82. The number of carbonyl (C=O) groups is 1. The molecule has 9 heteroatoms. The number of nitrogens with one attached hydrogen (secondary N) is 1. The lowest BCUT2D eigenvalue weighted by molar-refractivity contribution is -0.110. The highest BCUT2D eigenvalue weighted by molar-refractivity contribution is 7.18. The quantitative estimate of drug-likeness (QED) is 0.457. The predicted molar refractivity (Wildman–Crippen MR) is 69.8 cm³/mol.